The molecule has 0 aliphatic carbocycles. The van der Waals surface area contributed by atoms with Gasteiger partial charge in [-0.1, -0.05) is 0 Å². The van der Waals surface area contributed by atoms with Crippen LogP contribution in [-0.4, -0.2) is 61.5 Å². The zero-order valence-electron chi connectivity index (χ0n) is 14.2. The van der Waals surface area contributed by atoms with Crippen molar-refractivity contribution in [2.75, 3.05) is 45.8 Å². The van der Waals surface area contributed by atoms with Gasteiger partial charge in [-0.3, -0.25) is 4.79 Å². The van der Waals surface area contributed by atoms with E-state index >= 15 is 0 Å². The van der Waals surface area contributed by atoms with Crippen LogP contribution in [0.15, 0.2) is 30.3 Å². The number of nitrogens with zero attached hydrogens (tertiary/aromatic N) is 3. The molecular weight excluding hydrogens is 324 g/mol. The predicted octanol–water partition coefficient (Wildman–Crippen LogP) is 1.71. The lowest BCUT2D eigenvalue weighted by Gasteiger charge is -2.26. The second-order valence-corrected chi connectivity index (χ2v) is 5.40. The Morgan fingerprint density at radius 1 is 1.08 bits per heavy atom. The summed E-state index contributed by atoms with van der Waals surface area (Å²) in [4.78, 5) is 14.1. The fourth-order valence-corrected chi connectivity index (χ4v) is 2.50. The summed E-state index contributed by atoms with van der Waals surface area (Å²) in [6, 6.07) is 8.82. The van der Waals surface area contributed by atoms with E-state index in [9.17, 15) is 4.79 Å². The van der Waals surface area contributed by atoms with E-state index in [1.165, 1.54) is 0 Å². The van der Waals surface area contributed by atoms with Crippen LogP contribution in [0.4, 0.5) is 11.5 Å². The van der Waals surface area contributed by atoms with Crippen molar-refractivity contribution in [3.8, 4) is 11.5 Å². The van der Waals surface area contributed by atoms with Crippen molar-refractivity contribution in [1.29, 1.82) is 0 Å². The number of carbonyl (C=O) groups is 1. The van der Waals surface area contributed by atoms with E-state index in [1.54, 1.807) is 43.4 Å². The van der Waals surface area contributed by atoms with Crippen molar-refractivity contribution >= 4 is 17.4 Å². The molecule has 1 fully saturated rings. The smallest absolute Gasteiger partial charge is 0.274 e. The lowest BCUT2D eigenvalue weighted by Crippen LogP contribution is -2.41. The largest absolute Gasteiger partial charge is 0.493 e. The summed E-state index contributed by atoms with van der Waals surface area (Å²) >= 11 is 0. The molecule has 0 unspecified atom stereocenters. The summed E-state index contributed by atoms with van der Waals surface area (Å²) in [5, 5.41) is 11.2. The van der Waals surface area contributed by atoms with Gasteiger partial charge in [-0.05, 0) is 24.3 Å². The van der Waals surface area contributed by atoms with Gasteiger partial charge in [0.25, 0.3) is 5.91 Å². The molecule has 0 atom stereocenters. The Bertz CT molecular complexity index is 730. The molecule has 8 heteroatoms. The Hall–Kier alpha value is -2.87. The minimum atomic E-state index is -0.131. The van der Waals surface area contributed by atoms with Crippen molar-refractivity contribution in [3.05, 3.63) is 36.0 Å². The third kappa shape index (κ3) is 3.97. The fraction of sp³-hybridized carbons (Fsp3) is 0.353. The molecule has 3 rings (SSSR count). The average Bonchev–Trinajstić information content (AvgIpc) is 2.68. The van der Waals surface area contributed by atoms with Crippen molar-refractivity contribution in [1.82, 2.24) is 15.1 Å². The van der Waals surface area contributed by atoms with Crippen LogP contribution in [0.3, 0.4) is 0 Å². The minimum Gasteiger partial charge on any atom is -0.493 e. The van der Waals surface area contributed by atoms with Crippen LogP contribution >= 0.6 is 0 Å². The number of hydrogen-bond donors (Lipinski definition) is 1. The highest BCUT2D eigenvalue weighted by atomic mass is 16.5. The number of hydrogen-bond acceptors (Lipinski definition) is 7. The lowest BCUT2D eigenvalue weighted by atomic mass is 10.2. The summed E-state index contributed by atoms with van der Waals surface area (Å²) in [7, 11) is 3.16. The normalized spacial score (nSPS) is 14.1. The monoisotopic (exact) mass is 344 g/mol. The van der Waals surface area contributed by atoms with Gasteiger partial charge in [0.05, 0.1) is 27.4 Å². The van der Waals surface area contributed by atoms with Gasteiger partial charge < -0.3 is 24.4 Å². The van der Waals surface area contributed by atoms with Gasteiger partial charge >= 0.3 is 0 Å². The fourth-order valence-electron chi connectivity index (χ4n) is 2.50. The number of morpholine rings is 1. The van der Waals surface area contributed by atoms with Crippen LogP contribution < -0.4 is 14.8 Å². The zero-order chi connectivity index (χ0) is 17.6. The molecule has 1 N–H and O–H groups in total. The number of benzene rings is 1. The van der Waals surface area contributed by atoms with E-state index in [0.717, 1.165) is 5.69 Å². The quantitative estimate of drug-likeness (QED) is 0.883. The first-order chi connectivity index (χ1) is 12.2. The van der Waals surface area contributed by atoms with E-state index in [-0.39, 0.29) is 5.91 Å². The number of methoxy groups -OCH3 is 2. The van der Waals surface area contributed by atoms with Gasteiger partial charge in [-0.25, -0.2) is 0 Å². The van der Waals surface area contributed by atoms with Gasteiger partial charge in [0.2, 0.25) is 0 Å². The van der Waals surface area contributed by atoms with Crippen LogP contribution in [0.5, 0.6) is 11.5 Å². The number of anilines is 2. The van der Waals surface area contributed by atoms with Gasteiger partial charge in [-0.15, -0.1) is 10.2 Å². The molecule has 1 aliphatic heterocycles. The molecule has 8 nitrogen and oxygen atoms in total. The Morgan fingerprint density at radius 2 is 1.84 bits per heavy atom. The third-order valence-corrected chi connectivity index (χ3v) is 3.84. The molecule has 1 amide bonds. The van der Waals surface area contributed by atoms with E-state index in [4.69, 9.17) is 14.2 Å². The van der Waals surface area contributed by atoms with Crippen molar-refractivity contribution < 1.29 is 19.0 Å². The van der Waals surface area contributed by atoms with Gasteiger partial charge in [0, 0.05) is 24.8 Å². The molecule has 1 aromatic carbocycles. The maximum absolute atomic E-state index is 12.3. The van der Waals surface area contributed by atoms with E-state index < -0.39 is 0 Å². The second-order valence-electron chi connectivity index (χ2n) is 5.40. The van der Waals surface area contributed by atoms with Gasteiger partial charge in [0.15, 0.2) is 23.0 Å². The molecule has 0 saturated carbocycles. The zero-order valence-corrected chi connectivity index (χ0v) is 14.2. The molecule has 2 heterocycles. The maximum Gasteiger partial charge on any atom is 0.274 e. The van der Waals surface area contributed by atoms with Crippen LogP contribution in [0.2, 0.25) is 0 Å². The predicted molar refractivity (Wildman–Crippen MR) is 91.6 cm³/mol. The lowest BCUT2D eigenvalue weighted by molar-refractivity contribution is 0.0298. The second kappa shape index (κ2) is 7.80. The molecule has 1 aromatic heterocycles. The number of aromatic nitrogens is 2. The highest BCUT2D eigenvalue weighted by molar-refractivity contribution is 5.92. The first-order valence-electron chi connectivity index (χ1n) is 7.91. The maximum atomic E-state index is 12.3. The first-order valence-corrected chi connectivity index (χ1v) is 7.91. The first kappa shape index (κ1) is 17.0. The summed E-state index contributed by atoms with van der Waals surface area (Å²) in [5.74, 6) is 1.66. The Morgan fingerprint density at radius 3 is 2.48 bits per heavy atom. The molecule has 25 heavy (non-hydrogen) atoms. The molecule has 132 valence electrons. The molecule has 1 aliphatic rings. The summed E-state index contributed by atoms with van der Waals surface area (Å²) in [6.45, 7) is 2.26. The molecule has 1 saturated heterocycles. The van der Waals surface area contributed by atoms with E-state index in [2.05, 4.69) is 15.5 Å². The van der Waals surface area contributed by atoms with Gasteiger partial charge in [0.1, 0.15) is 0 Å². The Labute approximate surface area is 145 Å². The SMILES string of the molecule is COc1ccc(Nc2ccc(C(=O)N3CCOCC3)nn2)cc1OC. The summed E-state index contributed by atoms with van der Waals surface area (Å²) in [5.41, 5.74) is 1.10. The number of amides is 1. The van der Waals surface area contributed by atoms with E-state index in [1.807, 2.05) is 6.07 Å². The topological polar surface area (TPSA) is 85.8 Å². The number of rotatable bonds is 5. The van der Waals surface area contributed by atoms with Crippen LogP contribution in [-0.2, 0) is 4.74 Å². The molecule has 0 spiro atoms. The molecule has 0 bridgehead atoms. The highest BCUT2D eigenvalue weighted by Crippen LogP contribution is 2.30. The van der Waals surface area contributed by atoms with E-state index in [0.29, 0.717) is 49.3 Å². The number of ether oxygens (including phenoxy) is 3. The molecular formula is C17H20N4O4. The highest BCUT2D eigenvalue weighted by Gasteiger charge is 2.19. The van der Waals surface area contributed by atoms with Crippen molar-refractivity contribution in [3.63, 3.8) is 0 Å². The average molecular weight is 344 g/mol. The number of carbonyl (C=O) groups excluding carboxylic acids is 1. The minimum absolute atomic E-state index is 0.131. The van der Waals surface area contributed by atoms with Crippen molar-refractivity contribution in [2.45, 2.75) is 0 Å². The Balaban J connectivity index is 1.69. The Kier molecular flexibility index (Phi) is 5.30. The molecule has 2 aromatic rings. The summed E-state index contributed by atoms with van der Waals surface area (Å²) < 4.78 is 15.7. The number of nitrogens with one attached hydrogen (secondary N) is 1. The third-order valence-electron chi connectivity index (χ3n) is 3.84. The molecule has 0 radical (unpaired) electrons. The van der Waals surface area contributed by atoms with Crippen LogP contribution in [0.1, 0.15) is 10.5 Å². The summed E-state index contributed by atoms with van der Waals surface area (Å²) in [6.07, 6.45) is 0. The standard InChI is InChI=1S/C17H20N4O4/c1-23-14-5-3-12(11-15(14)24-2)18-16-6-4-13(19-20-16)17(22)21-7-9-25-10-8-21/h3-6,11H,7-10H2,1-2H3,(H,18,20). The van der Waals surface area contributed by atoms with Crippen LogP contribution in [0, 0.1) is 0 Å². The van der Waals surface area contributed by atoms with Crippen molar-refractivity contribution in [2.24, 2.45) is 0 Å². The van der Waals surface area contributed by atoms with Gasteiger partial charge in [-0.2, -0.15) is 0 Å². The van der Waals surface area contributed by atoms with Crippen LogP contribution in [0.25, 0.3) is 0 Å².